The van der Waals surface area contributed by atoms with Gasteiger partial charge in [-0.25, -0.2) is 4.98 Å². The molecule has 2 atom stereocenters. The molecule has 3 heterocycles. The molecule has 0 radical (unpaired) electrons. The Kier molecular flexibility index (Phi) is 3.50. The summed E-state index contributed by atoms with van der Waals surface area (Å²) in [5.74, 6) is 1.79. The van der Waals surface area contributed by atoms with E-state index >= 15 is 0 Å². The van der Waals surface area contributed by atoms with Crippen molar-refractivity contribution in [2.75, 3.05) is 37.3 Å². The molecule has 2 fully saturated rings. The van der Waals surface area contributed by atoms with Gasteiger partial charge in [0.15, 0.2) is 5.82 Å². The van der Waals surface area contributed by atoms with Crippen LogP contribution in [0.4, 0.5) is 11.8 Å². The summed E-state index contributed by atoms with van der Waals surface area (Å²) in [6.45, 7) is 3.23. The van der Waals surface area contributed by atoms with Crippen LogP contribution in [0.3, 0.4) is 0 Å². The molecular formula is C13H20ClN5. The van der Waals surface area contributed by atoms with Gasteiger partial charge in [0.05, 0.1) is 6.20 Å². The first-order valence-electron chi connectivity index (χ1n) is 6.88. The molecule has 2 aliphatic rings. The Morgan fingerprint density at radius 1 is 1.37 bits per heavy atom. The zero-order chi connectivity index (χ0) is 13.4. The van der Waals surface area contributed by atoms with Crippen LogP contribution in [0.25, 0.3) is 0 Å². The largest absolute Gasteiger partial charge is 0.368 e. The van der Waals surface area contributed by atoms with Crippen LogP contribution >= 0.6 is 11.6 Å². The summed E-state index contributed by atoms with van der Waals surface area (Å²) in [7, 11) is 2.24. The summed E-state index contributed by atoms with van der Waals surface area (Å²) in [5.41, 5.74) is 5.67. The Balaban J connectivity index is 1.79. The van der Waals surface area contributed by atoms with E-state index in [9.17, 15) is 0 Å². The smallest absolute Gasteiger partial charge is 0.222 e. The van der Waals surface area contributed by atoms with E-state index in [-0.39, 0.29) is 0 Å². The second kappa shape index (κ2) is 5.13. The van der Waals surface area contributed by atoms with Crippen LogP contribution in [0, 0.1) is 5.92 Å². The van der Waals surface area contributed by atoms with Crippen molar-refractivity contribution in [2.24, 2.45) is 5.92 Å². The van der Waals surface area contributed by atoms with Gasteiger partial charge >= 0.3 is 0 Å². The number of piperidine rings is 2. The third-order valence-electron chi connectivity index (χ3n) is 4.39. The monoisotopic (exact) mass is 281 g/mol. The highest BCUT2D eigenvalue weighted by Crippen LogP contribution is 2.33. The van der Waals surface area contributed by atoms with E-state index in [1.165, 1.54) is 25.8 Å². The van der Waals surface area contributed by atoms with E-state index in [0.717, 1.165) is 18.9 Å². The molecular weight excluding hydrogens is 262 g/mol. The maximum atomic E-state index is 6.20. The molecule has 2 unspecified atom stereocenters. The van der Waals surface area contributed by atoms with Gasteiger partial charge in [-0.3, -0.25) is 0 Å². The van der Waals surface area contributed by atoms with Crippen molar-refractivity contribution in [3.8, 4) is 0 Å². The number of rotatable bonds is 1. The minimum Gasteiger partial charge on any atom is -0.368 e. The SMILES string of the molecule is CN1CCCC2CN(c3nc(N)ncc3Cl)CCC21. The fourth-order valence-electron chi connectivity index (χ4n) is 3.44. The lowest BCUT2D eigenvalue weighted by molar-refractivity contribution is 0.102. The van der Waals surface area contributed by atoms with Gasteiger partial charge in [0.25, 0.3) is 0 Å². The number of hydrogen-bond acceptors (Lipinski definition) is 5. The lowest BCUT2D eigenvalue weighted by Crippen LogP contribution is -2.53. The number of nitrogens with two attached hydrogens (primary N) is 1. The highest BCUT2D eigenvalue weighted by atomic mass is 35.5. The van der Waals surface area contributed by atoms with Crippen LogP contribution in [-0.2, 0) is 0 Å². The third-order valence-corrected chi connectivity index (χ3v) is 4.66. The molecule has 1 aromatic rings. The number of aromatic nitrogens is 2. The van der Waals surface area contributed by atoms with Gasteiger partial charge in [0.2, 0.25) is 5.95 Å². The van der Waals surface area contributed by atoms with Crippen molar-refractivity contribution in [3.05, 3.63) is 11.2 Å². The van der Waals surface area contributed by atoms with Crippen molar-refractivity contribution in [3.63, 3.8) is 0 Å². The topological polar surface area (TPSA) is 58.3 Å². The van der Waals surface area contributed by atoms with Gasteiger partial charge in [0, 0.05) is 19.1 Å². The molecule has 5 nitrogen and oxygen atoms in total. The molecule has 6 heteroatoms. The van der Waals surface area contributed by atoms with E-state index < -0.39 is 0 Å². The fourth-order valence-corrected chi connectivity index (χ4v) is 3.65. The highest BCUT2D eigenvalue weighted by molar-refractivity contribution is 6.32. The summed E-state index contributed by atoms with van der Waals surface area (Å²) in [5, 5.41) is 0.594. The minimum absolute atomic E-state index is 0.294. The Morgan fingerprint density at radius 2 is 2.21 bits per heavy atom. The normalized spacial score (nSPS) is 28.2. The average Bonchev–Trinajstić information content (AvgIpc) is 2.41. The summed E-state index contributed by atoms with van der Waals surface area (Å²) < 4.78 is 0. The summed E-state index contributed by atoms with van der Waals surface area (Å²) in [6, 6.07) is 0.711. The molecule has 3 rings (SSSR count). The van der Waals surface area contributed by atoms with Gasteiger partial charge in [-0.1, -0.05) is 11.6 Å². The molecule has 0 aromatic carbocycles. The molecule has 104 valence electrons. The van der Waals surface area contributed by atoms with Crippen LogP contribution in [0.1, 0.15) is 19.3 Å². The van der Waals surface area contributed by atoms with Crippen LogP contribution in [0.5, 0.6) is 0 Å². The fraction of sp³-hybridized carbons (Fsp3) is 0.692. The second-order valence-corrected chi connectivity index (χ2v) is 5.99. The molecule has 2 N–H and O–H groups in total. The quantitative estimate of drug-likeness (QED) is 0.848. The van der Waals surface area contributed by atoms with Gasteiger partial charge in [0.1, 0.15) is 5.02 Å². The molecule has 2 saturated heterocycles. The van der Waals surface area contributed by atoms with Crippen molar-refractivity contribution < 1.29 is 0 Å². The van der Waals surface area contributed by atoms with Crippen LogP contribution in [0.15, 0.2) is 6.20 Å². The van der Waals surface area contributed by atoms with E-state index in [0.29, 0.717) is 22.9 Å². The van der Waals surface area contributed by atoms with Crippen LogP contribution in [0.2, 0.25) is 5.02 Å². The number of anilines is 2. The molecule has 1 aromatic heterocycles. The van der Waals surface area contributed by atoms with Crippen molar-refractivity contribution in [2.45, 2.75) is 25.3 Å². The van der Waals surface area contributed by atoms with Gasteiger partial charge in [-0.15, -0.1) is 0 Å². The number of fused-ring (bicyclic) bond motifs is 1. The maximum absolute atomic E-state index is 6.20. The van der Waals surface area contributed by atoms with E-state index in [4.69, 9.17) is 17.3 Å². The van der Waals surface area contributed by atoms with Gasteiger partial charge in [-0.2, -0.15) is 4.98 Å². The first-order valence-corrected chi connectivity index (χ1v) is 7.26. The number of likely N-dealkylation sites (tertiary alicyclic amines) is 1. The lowest BCUT2D eigenvalue weighted by Gasteiger charge is -2.46. The first-order chi connectivity index (χ1) is 9.15. The third kappa shape index (κ3) is 2.49. The molecule has 0 spiro atoms. The first kappa shape index (κ1) is 12.9. The van der Waals surface area contributed by atoms with Crippen LogP contribution < -0.4 is 10.6 Å². The number of halogens is 1. The average molecular weight is 282 g/mol. The predicted molar refractivity (Wildman–Crippen MR) is 77.4 cm³/mol. The lowest BCUT2D eigenvalue weighted by atomic mass is 9.84. The number of nitrogen functional groups attached to an aromatic ring is 1. The van der Waals surface area contributed by atoms with E-state index in [1.807, 2.05) is 0 Å². The molecule has 0 bridgehead atoms. The molecule has 0 amide bonds. The van der Waals surface area contributed by atoms with E-state index in [2.05, 4.69) is 26.8 Å². The second-order valence-electron chi connectivity index (χ2n) is 5.58. The van der Waals surface area contributed by atoms with Gasteiger partial charge < -0.3 is 15.5 Å². The zero-order valence-electron chi connectivity index (χ0n) is 11.2. The van der Waals surface area contributed by atoms with E-state index in [1.54, 1.807) is 6.20 Å². The number of nitrogens with zero attached hydrogens (tertiary/aromatic N) is 4. The standard InChI is InChI=1S/C13H20ClN5/c1-18-5-2-3-9-8-19(6-4-11(9)18)12-10(14)7-16-13(15)17-12/h7,9,11H,2-6,8H2,1H3,(H2,15,16,17). The summed E-state index contributed by atoms with van der Waals surface area (Å²) in [4.78, 5) is 13.0. The van der Waals surface area contributed by atoms with Crippen molar-refractivity contribution in [1.29, 1.82) is 0 Å². The highest BCUT2D eigenvalue weighted by Gasteiger charge is 2.35. The summed E-state index contributed by atoms with van der Waals surface area (Å²) >= 11 is 6.20. The predicted octanol–water partition coefficient (Wildman–Crippen LogP) is 1.63. The Bertz CT molecular complexity index is 466. The van der Waals surface area contributed by atoms with Crippen molar-refractivity contribution in [1.82, 2.24) is 14.9 Å². The molecule has 2 aliphatic heterocycles. The summed E-state index contributed by atoms with van der Waals surface area (Å²) in [6.07, 6.45) is 5.34. The Hall–Kier alpha value is -1.07. The number of hydrogen-bond donors (Lipinski definition) is 1. The zero-order valence-corrected chi connectivity index (χ0v) is 12.0. The molecule has 19 heavy (non-hydrogen) atoms. The Labute approximate surface area is 118 Å². The van der Waals surface area contributed by atoms with Gasteiger partial charge in [-0.05, 0) is 38.8 Å². The van der Waals surface area contributed by atoms with Crippen molar-refractivity contribution >= 4 is 23.4 Å². The minimum atomic E-state index is 0.294. The van der Waals surface area contributed by atoms with Crippen LogP contribution in [-0.4, -0.2) is 47.6 Å². The Morgan fingerprint density at radius 3 is 3.05 bits per heavy atom. The maximum Gasteiger partial charge on any atom is 0.222 e. The molecule has 0 saturated carbocycles. The molecule has 0 aliphatic carbocycles.